The molecule has 0 bridgehead atoms. The van der Waals surface area contributed by atoms with Gasteiger partial charge in [-0.25, -0.2) is 0 Å². The molecular weight excluding hydrogens is 585 g/mol. The van der Waals surface area contributed by atoms with Crippen molar-refractivity contribution < 1.29 is 8.83 Å². The topological polar surface area (TPSA) is 26.3 Å². The van der Waals surface area contributed by atoms with Gasteiger partial charge in [-0.1, -0.05) is 146 Å². The van der Waals surface area contributed by atoms with Gasteiger partial charge in [-0.2, -0.15) is 0 Å². The lowest BCUT2D eigenvalue weighted by Gasteiger charge is -2.18. The summed E-state index contributed by atoms with van der Waals surface area (Å²) in [6.07, 6.45) is 0. The van der Waals surface area contributed by atoms with E-state index in [-0.39, 0.29) is 0 Å². The average molecular weight is 613 g/mol. The van der Waals surface area contributed by atoms with Crippen molar-refractivity contribution >= 4 is 54.5 Å². The van der Waals surface area contributed by atoms with Gasteiger partial charge in [-0.3, -0.25) is 0 Å². The van der Waals surface area contributed by atoms with Crippen LogP contribution in [-0.4, -0.2) is 0 Å². The molecular formula is C46H28O2. The Morgan fingerprint density at radius 1 is 0.250 bits per heavy atom. The predicted octanol–water partition coefficient (Wildman–Crippen LogP) is 13.3. The summed E-state index contributed by atoms with van der Waals surface area (Å²) < 4.78 is 13.3. The van der Waals surface area contributed by atoms with Crippen molar-refractivity contribution in [2.45, 2.75) is 0 Å². The fraction of sp³-hybridized carbons (Fsp3) is 0. The first-order valence-corrected chi connectivity index (χ1v) is 16.3. The minimum Gasteiger partial charge on any atom is -0.456 e. The zero-order chi connectivity index (χ0) is 31.6. The van der Waals surface area contributed by atoms with Crippen molar-refractivity contribution in [2.24, 2.45) is 0 Å². The Bertz CT molecular complexity index is 2760. The van der Waals surface area contributed by atoms with Gasteiger partial charge in [-0.05, 0) is 68.1 Å². The smallest absolute Gasteiger partial charge is 0.143 e. The molecule has 0 saturated carbocycles. The highest BCUT2D eigenvalue weighted by molar-refractivity contribution is 6.25. The molecule has 0 aliphatic carbocycles. The fourth-order valence-corrected chi connectivity index (χ4v) is 7.55. The molecule has 0 aliphatic heterocycles. The number of hydrogen-bond donors (Lipinski definition) is 0. The van der Waals surface area contributed by atoms with Crippen molar-refractivity contribution in [3.05, 3.63) is 170 Å². The monoisotopic (exact) mass is 612 g/mol. The Morgan fingerprint density at radius 3 is 1.44 bits per heavy atom. The number of fused-ring (bicyclic) bond motifs is 6. The van der Waals surface area contributed by atoms with Gasteiger partial charge in [0.05, 0.1) is 0 Å². The van der Waals surface area contributed by atoms with E-state index in [0.29, 0.717) is 0 Å². The van der Waals surface area contributed by atoms with E-state index < -0.39 is 0 Å². The molecule has 8 aromatic carbocycles. The maximum absolute atomic E-state index is 6.90. The molecule has 0 fully saturated rings. The Balaban J connectivity index is 1.33. The molecule has 2 aromatic heterocycles. The van der Waals surface area contributed by atoms with E-state index in [4.69, 9.17) is 8.83 Å². The standard InChI is InChI=1S/C46H28O2/c1-3-14-29(15-4-1)31-18-13-19-32(26-31)43-34-21-7-9-23-36(34)44(37-24-10-8-22-35(37)43)45-39-28-41-38(33-20-11-12-25-40(33)47-41)27-42(39)48-46(45)30-16-5-2-6-17-30/h1-28H. The summed E-state index contributed by atoms with van der Waals surface area (Å²) in [7, 11) is 0. The largest absolute Gasteiger partial charge is 0.456 e. The van der Waals surface area contributed by atoms with Crippen molar-refractivity contribution in [2.75, 3.05) is 0 Å². The highest BCUT2D eigenvalue weighted by atomic mass is 16.3. The second kappa shape index (κ2) is 10.6. The number of furan rings is 2. The molecule has 10 aromatic rings. The molecule has 0 radical (unpaired) electrons. The number of hydrogen-bond acceptors (Lipinski definition) is 2. The molecule has 2 heterocycles. The molecule has 0 saturated heterocycles. The average Bonchev–Trinajstić information content (AvgIpc) is 3.71. The van der Waals surface area contributed by atoms with Crippen LogP contribution in [0, 0.1) is 0 Å². The molecule has 224 valence electrons. The van der Waals surface area contributed by atoms with Crippen LogP contribution in [0.4, 0.5) is 0 Å². The van der Waals surface area contributed by atoms with E-state index in [2.05, 4.69) is 152 Å². The highest BCUT2D eigenvalue weighted by Gasteiger charge is 2.25. The van der Waals surface area contributed by atoms with Gasteiger partial charge >= 0.3 is 0 Å². The highest BCUT2D eigenvalue weighted by Crippen LogP contribution is 2.50. The van der Waals surface area contributed by atoms with E-state index in [0.717, 1.165) is 55.4 Å². The predicted molar refractivity (Wildman–Crippen MR) is 200 cm³/mol. The van der Waals surface area contributed by atoms with E-state index >= 15 is 0 Å². The zero-order valence-corrected chi connectivity index (χ0v) is 26.0. The molecule has 48 heavy (non-hydrogen) atoms. The van der Waals surface area contributed by atoms with Crippen LogP contribution < -0.4 is 0 Å². The van der Waals surface area contributed by atoms with Crippen LogP contribution in [0.3, 0.4) is 0 Å². The Kier molecular flexibility index (Phi) is 5.91. The van der Waals surface area contributed by atoms with E-state index in [9.17, 15) is 0 Å². The van der Waals surface area contributed by atoms with Crippen LogP contribution in [0.2, 0.25) is 0 Å². The number of benzene rings is 8. The first-order valence-electron chi connectivity index (χ1n) is 16.3. The number of rotatable bonds is 4. The third-order valence-corrected chi connectivity index (χ3v) is 9.66. The molecule has 0 atom stereocenters. The third-order valence-electron chi connectivity index (χ3n) is 9.66. The van der Waals surface area contributed by atoms with E-state index in [1.54, 1.807) is 0 Å². The SMILES string of the molecule is c1ccc(-c2cccc(-c3c4ccccc4c(-c4c(-c5ccccc5)oc5cc6c(cc45)oc4ccccc46)c4ccccc34)c2)cc1. The molecule has 0 amide bonds. The van der Waals surface area contributed by atoms with Gasteiger partial charge in [-0.15, -0.1) is 0 Å². The van der Waals surface area contributed by atoms with Crippen LogP contribution in [0.1, 0.15) is 0 Å². The zero-order valence-electron chi connectivity index (χ0n) is 26.0. The van der Waals surface area contributed by atoms with Gasteiger partial charge in [0.1, 0.15) is 22.5 Å². The van der Waals surface area contributed by atoms with Crippen molar-refractivity contribution in [1.82, 2.24) is 0 Å². The molecule has 0 unspecified atom stereocenters. The minimum atomic E-state index is 0.843. The summed E-state index contributed by atoms with van der Waals surface area (Å²) in [5, 5.41) is 7.95. The van der Waals surface area contributed by atoms with Crippen LogP contribution in [0.15, 0.2) is 179 Å². The van der Waals surface area contributed by atoms with Gasteiger partial charge in [0.15, 0.2) is 0 Å². The lowest BCUT2D eigenvalue weighted by Crippen LogP contribution is -1.92. The van der Waals surface area contributed by atoms with E-state index in [1.165, 1.54) is 43.8 Å². The van der Waals surface area contributed by atoms with E-state index in [1.807, 2.05) is 18.2 Å². The summed E-state index contributed by atoms with van der Waals surface area (Å²) in [4.78, 5) is 0. The minimum absolute atomic E-state index is 0.843. The summed E-state index contributed by atoms with van der Waals surface area (Å²) in [6, 6.07) is 60.2. The molecule has 2 heteroatoms. The Morgan fingerprint density at radius 2 is 0.750 bits per heavy atom. The van der Waals surface area contributed by atoms with Crippen LogP contribution >= 0.6 is 0 Å². The molecule has 0 aliphatic rings. The summed E-state index contributed by atoms with van der Waals surface area (Å²) >= 11 is 0. The Labute approximate surface area is 277 Å². The summed E-state index contributed by atoms with van der Waals surface area (Å²) in [5.41, 5.74) is 10.7. The fourth-order valence-electron chi connectivity index (χ4n) is 7.55. The maximum Gasteiger partial charge on any atom is 0.143 e. The number of para-hydroxylation sites is 1. The first kappa shape index (κ1) is 26.8. The molecule has 2 nitrogen and oxygen atoms in total. The van der Waals surface area contributed by atoms with Gasteiger partial charge in [0.25, 0.3) is 0 Å². The van der Waals surface area contributed by atoms with Crippen LogP contribution in [0.25, 0.3) is 99.2 Å². The second-order valence-electron chi connectivity index (χ2n) is 12.4. The second-order valence-corrected chi connectivity index (χ2v) is 12.4. The summed E-state index contributed by atoms with van der Waals surface area (Å²) in [6.45, 7) is 0. The normalized spacial score (nSPS) is 11.8. The van der Waals surface area contributed by atoms with Crippen molar-refractivity contribution in [1.29, 1.82) is 0 Å². The lowest BCUT2D eigenvalue weighted by molar-refractivity contribution is 0.632. The van der Waals surface area contributed by atoms with Gasteiger partial charge in [0.2, 0.25) is 0 Å². The van der Waals surface area contributed by atoms with Gasteiger partial charge < -0.3 is 8.83 Å². The lowest BCUT2D eigenvalue weighted by atomic mass is 9.84. The summed E-state index contributed by atoms with van der Waals surface area (Å²) in [5.74, 6) is 0.858. The molecule has 0 spiro atoms. The molecule has 10 rings (SSSR count). The van der Waals surface area contributed by atoms with Gasteiger partial charge in [0, 0.05) is 32.8 Å². The third kappa shape index (κ3) is 4.06. The van der Waals surface area contributed by atoms with Crippen molar-refractivity contribution in [3.8, 4) is 44.7 Å². The van der Waals surface area contributed by atoms with Crippen molar-refractivity contribution in [3.63, 3.8) is 0 Å². The first-order chi connectivity index (χ1) is 23.8. The van der Waals surface area contributed by atoms with Crippen LogP contribution in [0.5, 0.6) is 0 Å². The molecule has 0 N–H and O–H groups in total. The Hall–Kier alpha value is -6.38. The van der Waals surface area contributed by atoms with Crippen LogP contribution in [-0.2, 0) is 0 Å². The maximum atomic E-state index is 6.90. The quantitative estimate of drug-likeness (QED) is 0.185.